The molecule has 13 N–H and O–H groups in total. The number of phosphoric acid groups is 2. The van der Waals surface area contributed by atoms with Gasteiger partial charge in [-0.15, -0.1) is 4.86 Å². The summed E-state index contributed by atoms with van der Waals surface area (Å²) in [6.45, 7) is -2.09. The van der Waals surface area contributed by atoms with Crippen LogP contribution >= 0.6 is 31.1 Å². The second-order valence-corrected chi connectivity index (χ2v) is 17.7. The number of nitrogens with zero attached hydrogens (tertiary/aromatic N) is 7. The summed E-state index contributed by atoms with van der Waals surface area (Å²) in [6.07, 6.45) is -9.54. The second-order valence-electron chi connectivity index (χ2n) is 11.5. The molecule has 0 saturated carbocycles. The van der Waals surface area contributed by atoms with Crippen molar-refractivity contribution in [1.82, 2.24) is 43.9 Å². The van der Waals surface area contributed by atoms with Crippen LogP contribution in [0.15, 0.2) is 23.8 Å². The number of nitrogens with one attached hydrogen (secondary N) is 2. The highest BCUT2D eigenvalue weighted by Crippen LogP contribution is 2.61. The minimum absolute atomic E-state index is 0.0497. The van der Waals surface area contributed by atoms with Gasteiger partial charge in [-0.1, -0.05) is 0 Å². The molecule has 6 rings (SSSR count). The molecule has 0 amide bonds. The molecule has 2 aliphatic rings. The summed E-state index contributed by atoms with van der Waals surface area (Å²) in [5, 5.41) is 21.4. The summed E-state index contributed by atoms with van der Waals surface area (Å²) < 4.78 is 87.6. The molecule has 0 radical (unpaired) electrons. The van der Waals surface area contributed by atoms with Crippen LogP contribution in [0, 0.1) is 0 Å². The number of methoxy groups -OCH3 is 1. The van der Waals surface area contributed by atoms with Crippen LogP contribution in [0.25, 0.3) is 22.3 Å². The number of hydrogen-bond donors (Lipinski definition) is 11. The number of aliphatic hydroxyl groups excluding tert-OH is 2. The Hall–Kier alpha value is -3.18. The van der Waals surface area contributed by atoms with Crippen LogP contribution in [-0.2, 0) is 50.4 Å². The zero-order valence-electron chi connectivity index (χ0n) is 27.4. The highest BCUT2D eigenvalue weighted by Gasteiger charge is 2.52. The standard InChI is InChI=1S/C21H31N11O19P4/c1-45-14-13(50-54(41,42)46-2-7-11(33)12(34)19(48-7)32-6-27-10-17(32)28-21(23)29-18(10)35)8(3-47-55(43,44)51-53(39,40)30-52(36,37)38)49-20(14)31-5-26-9-15(22)24-4-25-16(9)31/h4-8,11-14,19-20,33-34H,2-3H2,1H3,(H,41,42)(H,43,44)(H2,22,24,25)(H3,23,28,29,35)(H4,30,36,37,38,39,40)/t7-,8-,11-,12-,13-,14-,19-,20-/m1/s1. The minimum atomic E-state index is -5.69. The van der Waals surface area contributed by atoms with Crippen molar-refractivity contribution in [1.29, 1.82) is 0 Å². The summed E-state index contributed by atoms with van der Waals surface area (Å²) in [5.41, 5.74) is 10.6. The molecule has 34 heteroatoms. The van der Waals surface area contributed by atoms with E-state index in [1.165, 1.54) is 10.9 Å². The Morgan fingerprint density at radius 1 is 0.836 bits per heavy atom. The van der Waals surface area contributed by atoms with E-state index in [1.807, 2.05) is 0 Å². The maximum Gasteiger partial charge on any atom is 0.480 e. The number of hydrogen-bond acceptors (Lipinski definition) is 21. The lowest BCUT2D eigenvalue weighted by atomic mass is 10.1. The number of nitrogen functional groups attached to an aromatic ring is 2. The number of nitrogens with two attached hydrogens (primary N) is 2. The van der Waals surface area contributed by atoms with Crippen molar-refractivity contribution in [2.45, 2.75) is 49.1 Å². The summed E-state index contributed by atoms with van der Waals surface area (Å²) >= 11 is 0. The molecule has 2 fully saturated rings. The first-order valence-electron chi connectivity index (χ1n) is 15.0. The second kappa shape index (κ2) is 15.3. The number of aromatic nitrogens is 8. The lowest BCUT2D eigenvalue weighted by Crippen LogP contribution is -2.38. The molecule has 0 aromatic carbocycles. The van der Waals surface area contributed by atoms with Gasteiger partial charge < -0.3 is 60.4 Å². The van der Waals surface area contributed by atoms with Crippen LogP contribution in [0.2, 0.25) is 0 Å². The number of aliphatic hydroxyl groups is 2. The molecule has 6 heterocycles. The fraction of sp³-hybridized carbons (Fsp3) is 0.524. The van der Waals surface area contributed by atoms with E-state index in [0.29, 0.717) is 0 Å². The number of phosphoric ester groups is 2. The molecular formula is C21H31N11O19P4. The zero-order chi connectivity index (χ0) is 40.2. The molecule has 4 aromatic heterocycles. The van der Waals surface area contributed by atoms with E-state index < -0.39 is 99.0 Å². The van der Waals surface area contributed by atoms with Crippen molar-refractivity contribution in [3.05, 3.63) is 29.3 Å². The predicted octanol–water partition coefficient (Wildman–Crippen LogP) is -2.93. The fourth-order valence-corrected chi connectivity index (χ4v) is 9.99. The number of anilines is 2. The maximum absolute atomic E-state index is 13.4. The van der Waals surface area contributed by atoms with Crippen molar-refractivity contribution in [2.24, 2.45) is 0 Å². The van der Waals surface area contributed by atoms with Crippen molar-refractivity contribution in [3.63, 3.8) is 0 Å². The van der Waals surface area contributed by atoms with Gasteiger partial charge in [0.1, 0.15) is 48.5 Å². The molecule has 55 heavy (non-hydrogen) atoms. The first kappa shape index (κ1) is 41.5. The Morgan fingerprint density at radius 3 is 2.13 bits per heavy atom. The number of fused-ring (bicyclic) bond motifs is 2. The highest BCUT2D eigenvalue weighted by molar-refractivity contribution is 7.70. The average Bonchev–Trinajstić information content (AvgIpc) is 3.82. The van der Waals surface area contributed by atoms with Crippen LogP contribution in [0.5, 0.6) is 0 Å². The van der Waals surface area contributed by atoms with Crippen LogP contribution in [0.3, 0.4) is 0 Å². The van der Waals surface area contributed by atoms with Crippen molar-refractivity contribution < 1.29 is 85.0 Å². The van der Waals surface area contributed by atoms with Crippen LogP contribution in [-0.4, -0.2) is 131 Å². The summed E-state index contributed by atoms with van der Waals surface area (Å²) in [4.78, 5) is 83.5. The Balaban J connectivity index is 1.21. The van der Waals surface area contributed by atoms with E-state index in [0.717, 1.165) is 29.2 Å². The average molecular weight is 865 g/mol. The monoisotopic (exact) mass is 865 g/mol. The lowest BCUT2D eigenvalue weighted by Gasteiger charge is -2.26. The smallest absolute Gasteiger partial charge is 0.387 e. The lowest BCUT2D eigenvalue weighted by molar-refractivity contribution is -0.0581. The molecule has 0 spiro atoms. The van der Waals surface area contributed by atoms with Gasteiger partial charge in [0.2, 0.25) is 5.95 Å². The van der Waals surface area contributed by atoms with E-state index in [2.05, 4.69) is 34.2 Å². The molecule has 2 saturated heterocycles. The van der Waals surface area contributed by atoms with Gasteiger partial charge in [-0.05, 0) is 0 Å². The molecule has 11 atom stereocenters. The molecule has 30 nitrogen and oxygen atoms in total. The number of rotatable bonds is 15. The summed E-state index contributed by atoms with van der Waals surface area (Å²) in [5.74, 6) is -0.341. The Labute approximate surface area is 304 Å². The van der Waals surface area contributed by atoms with E-state index in [4.69, 9.17) is 49.0 Å². The van der Waals surface area contributed by atoms with Crippen LogP contribution in [0.1, 0.15) is 12.5 Å². The molecule has 304 valence electrons. The Bertz CT molecular complexity index is 2320. The number of imidazole rings is 2. The van der Waals surface area contributed by atoms with E-state index >= 15 is 0 Å². The molecule has 0 aliphatic carbocycles. The van der Waals surface area contributed by atoms with Gasteiger partial charge in [-0.2, -0.15) is 9.29 Å². The number of aromatic amines is 1. The first-order chi connectivity index (χ1) is 25.6. The van der Waals surface area contributed by atoms with Gasteiger partial charge in [0.05, 0.1) is 25.9 Å². The van der Waals surface area contributed by atoms with Gasteiger partial charge in [0.25, 0.3) is 5.56 Å². The van der Waals surface area contributed by atoms with Crippen molar-refractivity contribution in [2.75, 3.05) is 31.8 Å². The topological polar surface area (TPSA) is 446 Å². The van der Waals surface area contributed by atoms with Gasteiger partial charge in [0, 0.05) is 7.11 Å². The van der Waals surface area contributed by atoms with Crippen molar-refractivity contribution >= 4 is 65.2 Å². The molecule has 0 bridgehead atoms. The number of ether oxygens (including phenoxy) is 3. The zero-order valence-corrected chi connectivity index (χ0v) is 30.9. The molecule has 3 unspecified atom stereocenters. The Morgan fingerprint density at radius 2 is 1.45 bits per heavy atom. The molecular weight excluding hydrogens is 834 g/mol. The first-order valence-corrected chi connectivity index (χ1v) is 21.1. The maximum atomic E-state index is 13.4. The van der Waals surface area contributed by atoms with E-state index in [9.17, 15) is 47.9 Å². The van der Waals surface area contributed by atoms with Gasteiger partial charge in [-0.25, -0.2) is 38.2 Å². The normalized spacial score (nSPS) is 29.4. The third kappa shape index (κ3) is 9.03. The highest BCUT2D eigenvalue weighted by atomic mass is 31.3. The summed E-state index contributed by atoms with van der Waals surface area (Å²) in [6, 6.07) is 0. The van der Waals surface area contributed by atoms with Gasteiger partial charge in [0.15, 0.2) is 35.1 Å². The van der Waals surface area contributed by atoms with E-state index in [1.54, 1.807) is 0 Å². The Kier molecular flexibility index (Phi) is 11.5. The number of H-pyrrole nitrogens is 1. The quantitative estimate of drug-likeness (QED) is 0.0533. The van der Waals surface area contributed by atoms with Crippen LogP contribution in [0.4, 0.5) is 11.8 Å². The van der Waals surface area contributed by atoms with Crippen LogP contribution < -0.4 is 21.9 Å². The minimum Gasteiger partial charge on any atom is -0.387 e. The third-order valence-corrected chi connectivity index (χ3v) is 13.0. The van der Waals surface area contributed by atoms with Gasteiger partial charge in [-0.3, -0.25) is 32.5 Å². The van der Waals surface area contributed by atoms with E-state index in [-0.39, 0.29) is 34.1 Å². The molecule has 4 aromatic rings. The SMILES string of the molecule is CO[C@@H]1[C@H](OP(=O)(O)OC[C@H]2O[C@@H](n3cnc4c(=O)[nH]c(N)nc43)[C@H](O)[C@@H]2O)[C@@H](COP(=O)(O)OP(=O)(O)NP(=O)(O)O)O[C@H]1n1cnc2c(N)ncnc21. The largest absolute Gasteiger partial charge is 0.480 e. The van der Waals surface area contributed by atoms with Gasteiger partial charge >= 0.3 is 31.1 Å². The molecule has 2 aliphatic heterocycles. The fourth-order valence-electron chi connectivity index (χ4n) is 5.59. The predicted molar refractivity (Wildman–Crippen MR) is 175 cm³/mol. The van der Waals surface area contributed by atoms with Crippen molar-refractivity contribution in [3.8, 4) is 0 Å². The third-order valence-electron chi connectivity index (χ3n) is 7.81. The summed E-state index contributed by atoms with van der Waals surface area (Å²) in [7, 11) is -21.1.